The van der Waals surface area contributed by atoms with E-state index in [1.54, 1.807) is 7.05 Å². The van der Waals surface area contributed by atoms with Gasteiger partial charge in [0, 0.05) is 41.6 Å². The third kappa shape index (κ3) is 1.89. The van der Waals surface area contributed by atoms with Gasteiger partial charge in [-0.15, -0.1) is 0 Å². The van der Waals surface area contributed by atoms with Crippen molar-refractivity contribution in [1.29, 1.82) is 0 Å². The van der Waals surface area contributed by atoms with Gasteiger partial charge in [-0.25, -0.2) is 0 Å². The van der Waals surface area contributed by atoms with Crippen molar-refractivity contribution >= 4 is 55.4 Å². The third-order valence-corrected chi connectivity index (χ3v) is 8.55. The number of carbonyl (C=O) groups excluding carboxylic acids is 2. The zero-order valence-corrected chi connectivity index (χ0v) is 19.3. The second-order valence-electron chi connectivity index (χ2n) is 10.0. The summed E-state index contributed by atoms with van der Waals surface area (Å²) in [4.78, 5) is 26.6. The molecule has 2 bridgehead atoms. The molecular formula is C27H23N5O3. The molecule has 0 aliphatic carbocycles. The van der Waals surface area contributed by atoms with Crippen LogP contribution in [0.3, 0.4) is 0 Å². The summed E-state index contributed by atoms with van der Waals surface area (Å²) in [6, 6.07) is 16.2. The van der Waals surface area contributed by atoms with Gasteiger partial charge in [0.2, 0.25) is 5.91 Å². The molecule has 0 spiro atoms. The molecule has 35 heavy (non-hydrogen) atoms. The minimum Gasteiger partial charge on any atom is -0.357 e. The maximum absolute atomic E-state index is 13.4. The van der Waals surface area contributed by atoms with E-state index in [-0.39, 0.29) is 11.8 Å². The fraction of sp³-hybridized carbons (Fsp3) is 0.259. The van der Waals surface area contributed by atoms with E-state index < -0.39 is 17.5 Å². The van der Waals surface area contributed by atoms with Crippen LogP contribution in [0.4, 0.5) is 0 Å². The highest BCUT2D eigenvalue weighted by Gasteiger charge is 2.63. The highest BCUT2D eigenvalue weighted by Crippen LogP contribution is 2.56. The van der Waals surface area contributed by atoms with Crippen LogP contribution in [0.25, 0.3) is 43.6 Å². The minimum absolute atomic E-state index is 0.0540. The number of nitrogens with zero attached hydrogens (tertiary/aromatic N) is 2. The number of likely N-dealkylation sites (N-methyl/N-ethyl adjacent to an activating group) is 1. The van der Waals surface area contributed by atoms with E-state index in [0.717, 1.165) is 54.7 Å². The number of hydrogen-bond acceptors (Lipinski definition) is 4. The molecule has 1 fully saturated rings. The van der Waals surface area contributed by atoms with Crippen molar-refractivity contribution in [2.24, 2.45) is 5.73 Å². The molecule has 8 nitrogen and oxygen atoms in total. The first-order chi connectivity index (χ1) is 16.9. The highest BCUT2D eigenvalue weighted by molar-refractivity contribution is 6.31. The van der Waals surface area contributed by atoms with Crippen molar-refractivity contribution in [3.8, 4) is 0 Å². The molecule has 5 heterocycles. The Labute approximate surface area is 199 Å². The van der Waals surface area contributed by atoms with E-state index in [4.69, 9.17) is 10.5 Å². The van der Waals surface area contributed by atoms with Crippen LogP contribution >= 0.6 is 0 Å². The Balaban J connectivity index is 1.73. The van der Waals surface area contributed by atoms with Gasteiger partial charge in [0.05, 0.1) is 27.6 Å². The van der Waals surface area contributed by atoms with Crippen LogP contribution in [0.2, 0.25) is 0 Å². The lowest BCUT2D eigenvalue weighted by molar-refractivity contribution is -0.148. The Morgan fingerprint density at radius 1 is 1.09 bits per heavy atom. The summed E-state index contributed by atoms with van der Waals surface area (Å²) in [6.07, 6.45) is -0.178. The van der Waals surface area contributed by atoms with Crippen molar-refractivity contribution in [3.05, 3.63) is 59.7 Å². The molecule has 3 aliphatic heterocycles. The second kappa shape index (κ2) is 5.84. The van der Waals surface area contributed by atoms with Gasteiger partial charge in [-0.05, 0) is 24.6 Å². The monoisotopic (exact) mass is 465 g/mol. The normalized spacial score (nSPS) is 26.7. The van der Waals surface area contributed by atoms with Crippen molar-refractivity contribution < 1.29 is 14.3 Å². The van der Waals surface area contributed by atoms with Crippen LogP contribution in [0, 0.1) is 0 Å². The van der Waals surface area contributed by atoms with Crippen molar-refractivity contribution in [1.82, 2.24) is 19.8 Å². The average molecular weight is 466 g/mol. The van der Waals surface area contributed by atoms with E-state index in [1.165, 1.54) is 0 Å². The summed E-state index contributed by atoms with van der Waals surface area (Å²) in [5, 5.41) is 9.81. The Kier molecular flexibility index (Phi) is 3.24. The molecule has 5 aromatic rings. The van der Waals surface area contributed by atoms with Gasteiger partial charge >= 0.3 is 0 Å². The summed E-state index contributed by atoms with van der Waals surface area (Å²) in [5.74, 6) is -0.315. The number of para-hydroxylation sites is 2. The van der Waals surface area contributed by atoms with Crippen molar-refractivity contribution in [2.75, 3.05) is 7.05 Å². The zero-order valence-electron chi connectivity index (χ0n) is 19.3. The summed E-state index contributed by atoms with van der Waals surface area (Å²) in [7, 11) is 1.61. The molecule has 1 saturated heterocycles. The molecular weight excluding hydrogens is 442 g/mol. The second-order valence-corrected chi connectivity index (χ2v) is 10.0. The fourth-order valence-corrected chi connectivity index (χ4v) is 7.02. The van der Waals surface area contributed by atoms with Gasteiger partial charge in [0.15, 0.2) is 5.72 Å². The Morgan fingerprint density at radius 3 is 2.51 bits per heavy atom. The first-order valence-electron chi connectivity index (χ1n) is 11.9. The number of nitrogens with one attached hydrogen (secondary N) is 2. The standard InChI is InChI=1S/C27H23N5O3/c1-26-27(28,25(34)29-2)11-18(35-26)31-16-9-5-3-7-13(16)20-21-15(12-30-24(21)33)19-14-8-4-6-10-17(14)32(26)23(19)22(20)31/h3-10,18H,11-12,28H2,1-2H3,(H,29,34)(H,30,33)/t18?,26?,27-/m0/s1. The molecule has 3 aromatic carbocycles. The summed E-state index contributed by atoms with van der Waals surface area (Å²) >= 11 is 0. The number of amides is 2. The number of fused-ring (bicyclic) bond motifs is 13. The lowest BCUT2D eigenvalue weighted by Gasteiger charge is -2.39. The van der Waals surface area contributed by atoms with Crippen LogP contribution in [0.5, 0.6) is 0 Å². The highest BCUT2D eigenvalue weighted by atomic mass is 16.5. The van der Waals surface area contributed by atoms with Gasteiger partial charge in [-0.3, -0.25) is 9.59 Å². The van der Waals surface area contributed by atoms with E-state index in [1.807, 2.05) is 37.3 Å². The first-order valence-corrected chi connectivity index (χ1v) is 11.9. The number of aromatic nitrogens is 2. The van der Waals surface area contributed by atoms with E-state index in [0.29, 0.717) is 13.0 Å². The van der Waals surface area contributed by atoms with E-state index in [9.17, 15) is 9.59 Å². The summed E-state index contributed by atoms with van der Waals surface area (Å²) < 4.78 is 11.1. The number of benzene rings is 3. The van der Waals surface area contributed by atoms with Crippen LogP contribution < -0.4 is 16.4 Å². The molecule has 0 saturated carbocycles. The minimum atomic E-state index is -1.32. The molecule has 0 radical (unpaired) electrons. The molecule has 4 N–H and O–H groups in total. The van der Waals surface area contributed by atoms with Crippen LogP contribution in [-0.2, 0) is 21.8 Å². The third-order valence-electron chi connectivity index (χ3n) is 8.55. The summed E-state index contributed by atoms with van der Waals surface area (Å²) in [5.41, 5.74) is 10.1. The molecule has 2 aromatic heterocycles. The molecule has 3 atom stereocenters. The predicted octanol–water partition coefficient (Wildman–Crippen LogP) is 3.19. The van der Waals surface area contributed by atoms with Crippen LogP contribution in [0.1, 0.15) is 35.5 Å². The van der Waals surface area contributed by atoms with Gasteiger partial charge in [-0.1, -0.05) is 36.4 Å². The number of nitrogens with two attached hydrogens (primary N) is 1. The van der Waals surface area contributed by atoms with Gasteiger partial charge in [0.25, 0.3) is 5.91 Å². The van der Waals surface area contributed by atoms with Gasteiger partial charge in [-0.2, -0.15) is 0 Å². The SMILES string of the molecule is CNC(=O)[C@@]1(N)CC2OC1(C)n1c3ccccc3c3c4c(c5c6ccccc6n2c5c31)C(=O)NC4. The van der Waals surface area contributed by atoms with Gasteiger partial charge in [0.1, 0.15) is 11.8 Å². The Bertz CT molecular complexity index is 1830. The number of ether oxygens (including phenoxy) is 1. The quantitative estimate of drug-likeness (QED) is 0.354. The smallest absolute Gasteiger partial charge is 0.252 e. The maximum Gasteiger partial charge on any atom is 0.252 e. The lowest BCUT2D eigenvalue weighted by atomic mass is 9.85. The molecule has 2 unspecified atom stereocenters. The average Bonchev–Trinajstić information content (AvgIpc) is 3.55. The molecule has 174 valence electrons. The Morgan fingerprint density at radius 2 is 1.77 bits per heavy atom. The summed E-state index contributed by atoms with van der Waals surface area (Å²) in [6.45, 7) is 2.38. The molecule has 8 rings (SSSR count). The molecule has 2 amide bonds. The van der Waals surface area contributed by atoms with E-state index >= 15 is 0 Å². The largest absolute Gasteiger partial charge is 0.357 e. The van der Waals surface area contributed by atoms with Crippen LogP contribution in [-0.4, -0.2) is 33.5 Å². The predicted molar refractivity (Wildman–Crippen MR) is 133 cm³/mol. The zero-order chi connectivity index (χ0) is 23.9. The number of rotatable bonds is 1. The number of hydrogen-bond donors (Lipinski definition) is 3. The van der Waals surface area contributed by atoms with Crippen molar-refractivity contribution in [2.45, 2.75) is 37.4 Å². The molecule has 8 heteroatoms. The number of carbonyl (C=O) groups is 2. The lowest BCUT2D eigenvalue weighted by Crippen LogP contribution is -2.65. The van der Waals surface area contributed by atoms with Crippen LogP contribution in [0.15, 0.2) is 48.5 Å². The first kappa shape index (κ1) is 19.4. The topological polar surface area (TPSA) is 103 Å². The van der Waals surface area contributed by atoms with Gasteiger partial charge < -0.3 is 30.2 Å². The maximum atomic E-state index is 13.4. The fourth-order valence-electron chi connectivity index (χ4n) is 7.02. The molecule has 3 aliphatic rings. The van der Waals surface area contributed by atoms with E-state index in [2.05, 4.69) is 38.0 Å². The van der Waals surface area contributed by atoms with Crippen molar-refractivity contribution in [3.63, 3.8) is 0 Å². The Hall–Kier alpha value is -3.88.